The molecule has 82 valence electrons. The lowest BCUT2D eigenvalue weighted by Crippen LogP contribution is -2.18. The number of hydrogen-bond acceptors (Lipinski definition) is 2. The van der Waals surface area contributed by atoms with Gasteiger partial charge in [-0.15, -0.1) is 0 Å². The first-order chi connectivity index (χ1) is 7.09. The van der Waals surface area contributed by atoms with Gasteiger partial charge in [0, 0.05) is 11.6 Å². The zero-order valence-electron chi connectivity index (χ0n) is 8.30. The fourth-order valence-corrected chi connectivity index (χ4v) is 3.13. The molecule has 15 heavy (non-hydrogen) atoms. The maximum absolute atomic E-state index is 5.93. The zero-order chi connectivity index (χ0) is 11.0. The van der Waals surface area contributed by atoms with E-state index >= 15 is 0 Å². The minimum Gasteiger partial charge on any atom is -0.299 e. The van der Waals surface area contributed by atoms with Crippen LogP contribution in [0.2, 0.25) is 5.15 Å². The molecule has 1 fully saturated rings. The quantitative estimate of drug-likeness (QED) is 0.708. The average molecular weight is 354 g/mol. The second kappa shape index (κ2) is 4.70. The van der Waals surface area contributed by atoms with Crippen molar-refractivity contribution in [2.75, 3.05) is 13.6 Å². The lowest BCUT2D eigenvalue weighted by molar-refractivity contribution is 0.316. The van der Waals surface area contributed by atoms with E-state index in [1.807, 2.05) is 0 Å². The summed E-state index contributed by atoms with van der Waals surface area (Å²) in [5.74, 6) is 0. The Balaban J connectivity index is 2.39. The molecule has 2 rings (SSSR count). The summed E-state index contributed by atoms with van der Waals surface area (Å²) in [6.45, 7) is 1.15. The number of nitrogens with zero attached hydrogens (tertiary/aromatic N) is 2. The Hall–Kier alpha value is 0.360. The lowest BCUT2D eigenvalue weighted by atomic mass is 10.1. The van der Waals surface area contributed by atoms with Gasteiger partial charge in [-0.05, 0) is 64.4 Å². The highest BCUT2D eigenvalue weighted by Gasteiger charge is 2.25. The van der Waals surface area contributed by atoms with E-state index in [1.165, 1.54) is 18.4 Å². The highest BCUT2D eigenvalue weighted by molar-refractivity contribution is 9.11. The molecule has 5 heteroatoms. The van der Waals surface area contributed by atoms with Crippen LogP contribution in [0.3, 0.4) is 0 Å². The smallest absolute Gasteiger partial charge is 0.144 e. The molecule has 0 radical (unpaired) electrons. The number of likely N-dealkylation sites (tertiary alicyclic amines) is 1. The maximum atomic E-state index is 5.93. The fourth-order valence-electron chi connectivity index (χ4n) is 2.00. The van der Waals surface area contributed by atoms with E-state index in [0.29, 0.717) is 11.2 Å². The normalized spacial score (nSPS) is 22.3. The molecule has 1 aliphatic rings. The van der Waals surface area contributed by atoms with Crippen molar-refractivity contribution in [3.05, 3.63) is 25.9 Å². The van der Waals surface area contributed by atoms with Crippen molar-refractivity contribution in [1.82, 2.24) is 9.88 Å². The average Bonchev–Trinajstić information content (AvgIpc) is 2.58. The van der Waals surface area contributed by atoms with Gasteiger partial charge < -0.3 is 0 Å². The maximum Gasteiger partial charge on any atom is 0.144 e. The molecule has 1 saturated heterocycles. The van der Waals surface area contributed by atoms with Gasteiger partial charge in [0.2, 0.25) is 0 Å². The molecule has 1 aliphatic heterocycles. The molecule has 0 bridgehead atoms. The second-order valence-corrected chi connectivity index (χ2v) is 5.74. The molecular formula is C10H11Br2ClN2. The van der Waals surface area contributed by atoms with Crippen LogP contribution in [0.1, 0.15) is 24.4 Å². The van der Waals surface area contributed by atoms with Crippen molar-refractivity contribution in [3.8, 4) is 0 Å². The summed E-state index contributed by atoms with van der Waals surface area (Å²) in [4.78, 5) is 6.61. The van der Waals surface area contributed by atoms with E-state index in [2.05, 4.69) is 54.9 Å². The fraction of sp³-hybridized carbons (Fsp3) is 0.500. The van der Waals surface area contributed by atoms with E-state index in [4.69, 9.17) is 11.6 Å². The van der Waals surface area contributed by atoms with Crippen LogP contribution in [0.5, 0.6) is 0 Å². The SMILES string of the molecule is CN1CCC[C@H]1c1cc(Br)c(Cl)nc1Br. The molecule has 1 aromatic rings. The predicted octanol–water partition coefficient (Wildman–Crippen LogP) is 4.03. The van der Waals surface area contributed by atoms with Crippen LogP contribution in [-0.4, -0.2) is 23.5 Å². The van der Waals surface area contributed by atoms with Gasteiger partial charge in [0.25, 0.3) is 0 Å². The molecule has 0 saturated carbocycles. The van der Waals surface area contributed by atoms with Gasteiger partial charge in [-0.2, -0.15) is 0 Å². The molecule has 0 spiro atoms. The Kier molecular flexibility index (Phi) is 3.71. The number of rotatable bonds is 1. The molecule has 0 aliphatic carbocycles. The van der Waals surface area contributed by atoms with Crippen molar-refractivity contribution in [2.45, 2.75) is 18.9 Å². The van der Waals surface area contributed by atoms with E-state index < -0.39 is 0 Å². The van der Waals surface area contributed by atoms with E-state index in [0.717, 1.165) is 15.6 Å². The largest absolute Gasteiger partial charge is 0.299 e. The molecule has 0 aromatic carbocycles. The van der Waals surface area contributed by atoms with Gasteiger partial charge in [0.1, 0.15) is 9.76 Å². The van der Waals surface area contributed by atoms with Gasteiger partial charge in [0.15, 0.2) is 0 Å². The van der Waals surface area contributed by atoms with E-state index in [1.54, 1.807) is 0 Å². The number of pyridine rings is 1. The Bertz CT molecular complexity index is 384. The van der Waals surface area contributed by atoms with Crippen LogP contribution >= 0.6 is 43.5 Å². The van der Waals surface area contributed by atoms with Crippen LogP contribution in [-0.2, 0) is 0 Å². The van der Waals surface area contributed by atoms with Crippen molar-refractivity contribution in [3.63, 3.8) is 0 Å². The standard InChI is InChI=1S/C10H11Br2ClN2/c1-15-4-2-3-8(15)6-5-7(11)10(13)14-9(6)12/h5,8H,2-4H2,1H3/t8-/m0/s1. The Morgan fingerprint density at radius 3 is 2.87 bits per heavy atom. The number of hydrogen-bond donors (Lipinski definition) is 0. The molecule has 0 N–H and O–H groups in total. The first-order valence-corrected chi connectivity index (χ1v) is 6.77. The highest BCUT2D eigenvalue weighted by atomic mass is 79.9. The van der Waals surface area contributed by atoms with Crippen molar-refractivity contribution >= 4 is 43.5 Å². The van der Waals surface area contributed by atoms with Crippen LogP contribution in [0.4, 0.5) is 0 Å². The predicted molar refractivity (Wildman–Crippen MR) is 69.3 cm³/mol. The van der Waals surface area contributed by atoms with Gasteiger partial charge in [-0.25, -0.2) is 4.98 Å². The summed E-state index contributed by atoms with van der Waals surface area (Å²) in [5.41, 5.74) is 1.21. The summed E-state index contributed by atoms with van der Waals surface area (Å²) in [7, 11) is 2.15. The topological polar surface area (TPSA) is 16.1 Å². The van der Waals surface area contributed by atoms with Crippen LogP contribution < -0.4 is 0 Å². The van der Waals surface area contributed by atoms with E-state index in [-0.39, 0.29) is 0 Å². The summed E-state index contributed by atoms with van der Waals surface area (Å²) in [6, 6.07) is 2.52. The highest BCUT2D eigenvalue weighted by Crippen LogP contribution is 2.36. The summed E-state index contributed by atoms with van der Waals surface area (Å²) in [5, 5.41) is 0.506. The molecule has 0 unspecified atom stereocenters. The van der Waals surface area contributed by atoms with Crippen molar-refractivity contribution < 1.29 is 0 Å². The van der Waals surface area contributed by atoms with Crippen LogP contribution in [0.15, 0.2) is 15.1 Å². The number of aromatic nitrogens is 1. The van der Waals surface area contributed by atoms with Gasteiger partial charge in [-0.1, -0.05) is 11.6 Å². The third kappa shape index (κ3) is 2.38. The first kappa shape index (κ1) is 11.8. The molecular weight excluding hydrogens is 343 g/mol. The zero-order valence-corrected chi connectivity index (χ0v) is 12.2. The Morgan fingerprint density at radius 2 is 2.27 bits per heavy atom. The lowest BCUT2D eigenvalue weighted by Gasteiger charge is -2.20. The molecule has 1 aromatic heterocycles. The van der Waals surface area contributed by atoms with Crippen molar-refractivity contribution in [2.24, 2.45) is 0 Å². The summed E-state index contributed by atoms with van der Waals surface area (Å²) < 4.78 is 1.72. The minimum atomic E-state index is 0.459. The first-order valence-electron chi connectivity index (χ1n) is 4.81. The van der Waals surface area contributed by atoms with Gasteiger partial charge in [-0.3, -0.25) is 4.90 Å². The third-order valence-electron chi connectivity index (χ3n) is 2.79. The number of halogens is 3. The Morgan fingerprint density at radius 1 is 1.53 bits per heavy atom. The van der Waals surface area contributed by atoms with Crippen LogP contribution in [0, 0.1) is 0 Å². The monoisotopic (exact) mass is 352 g/mol. The third-order valence-corrected chi connectivity index (χ3v) is 4.55. The molecule has 2 nitrogen and oxygen atoms in total. The van der Waals surface area contributed by atoms with E-state index in [9.17, 15) is 0 Å². The minimum absolute atomic E-state index is 0.459. The molecule has 2 heterocycles. The van der Waals surface area contributed by atoms with Crippen molar-refractivity contribution in [1.29, 1.82) is 0 Å². The summed E-state index contributed by atoms with van der Waals surface area (Å²) >= 11 is 12.8. The second-order valence-electron chi connectivity index (χ2n) is 3.78. The Labute approximate surface area is 111 Å². The van der Waals surface area contributed by atoms with Crippen LogP contribution in [0.25, 0.3) is 0 Å². The van der Waals surface area contributed by atoms with Gasteiger partial charge in [0.05, 0.1) is 4.47 Å². The summed E-state index contributed by atoms with van der Waals surface area (Å²) in [6.07, 6.45) is 2.43. The molecule has 1 atom stereocenters. The van der Waals surface area contributed by atoms with Gasteiger partial charge >= 0.3 is 0 Å². The molecule has 0 amide bonds.